The summed E-state index contributed by atoms with van der Waals surface area (Å²) in [7, 11) is -9.12. The van der Waals surface area contributed by atoms with Gasteiger partial charge in [0.25, 0.3) is 0 Å². The maximum atomic E-state index is 3.76. The topological polar surface area (TPSA) is 0 Å². The van der Waals surface area contributed by atoms with E-state index in [0.717, 1.165) is 5.56 Å². The first-order valence-corrected chi connectivity index (χ1v) is 34.3. The van der Waals surface area contributed by atoms with Crippen molar-refractivity contribution in [2.24, 2.45) is 0 Å². The van der Waals surface area contributed by atoms with Gasteiger partial charge in [-0.2, -0.15) is 0 Å². The fourth-order valence-electron chi connectivity index (χ4n) is 10.2. The van der Waals surface area contributed by atoms with Crippen molar-refractivity contribution in [1.82, 2.24) is 0 Å². The van der Waals surface area contributed by atoms with Crippen molar-refractivity contribution in [3.63, 3.8) is 0 Å². The molecule has 2 aromatic rings. The molecule has 0 atom stereocenters. The Bertz CT molecular complexity index is 1110. The molecule has 34 heavy (non-hydrogen) atoms. The maximum Gasteiger partial charge on any atom is 0.0462 e. The van der Waals surface area contributed by atoms with Crippen LogP contribution in [0.15, 0.2) is 54.6 Å². The first kappa shape index (κ1) is 26.4. The molecule has 0 aromatic heterocycles. The van der Waals surface area contributed by atoms with E-state index >= 15 is 0 Å². The lowest BCUT2D eigenvalue weighted by molar-refractivity contribution is 1.01. The molecule has 3 heterocycles. The van der Waals surface area contributed by atoms with E-state index in [9.17, 15) is 0 Å². The SMILES string of the molecule is C[Si]1(C)C2[Si](C)(C)[Si](C)(C)C(c3ccccc3C#Cc3ccccc3)([Si]1(C)C)[Si](C)(C)[Si]2(C)C. The van der Waals surface area contributed by atoms with Crippen LogP contribution in [-0.4, -0.2) is 45.5 Å². The van der Waals surface area contributed by atoms with Crippen LogP contribution in [-0.2, 0) is 4.28 Å². The molecule has 0 amide bonds. The van der Waals surface area contributed by atoms with Gasteiger partial charge in [-0.25, -0.2) is 0 Å². The summed E-state index contributed by atoms with van der Waals surface area (Å²) >= 11 is 0. The predicted octanol–water partition coefficient (Wildman–Crippen LogP) is 7.90. The van der Waals surface area contributed by atoms with Gasteiger partial charge in [0.15, 0.2) is 0 Å². The largest absolute Gasteiger partial charge is 0.0715 e. The highest BCUT2D eigenvalue weighted by atomic mass is 29.4. The van der Waals surface area contributed by atoms with E-state index in [4.69, 9.17) is 0 Å². The van der Waals surface area contributed by atoms with Gasteiger partial charge >= 0.3 is 0 Å². The van der Waals surface area contributed by atoms with Crippen molar-refractivity contribution in [3.05, 3.63) is 71.3 Å². The second-order valence-corrected chi connectivity index (χ2v) is 64.5. The van der Waals surface area contributed by atoms with Gasteiger partial charge in [0.1, 0.15) is 0 Å². The molecule has 3 aliphatic heterocycles. The van der Waals surface area contributed by atoms with Gasteiger partial charge in [-0.15, -0.1) is 0 Å². The van der Waals surface area contributed by atoms with Crippen LogP contribution >= 0.6 is 0 Å². The van der Waals surface area contributed by atoms with E-state index in [1.165, 1.54) is 10.4 Å². The van der Waals surface area contributed by atoms with E-state index < -0.39 is 45.5 Å². The van der Waals surface area contributed by atoms with Crippen molar-refractivity contribution in [2.75, 3.05) is 0 Å². The van der Waals surface area contributed by atoms with E-state index in [1.807, 2.05) is 0 Å². The molecule has 6 heteroatoms. The lowest BCUT2D eigenvalue weighted by atomic mass is 10.1. The van der Waals surface area contributed by atoms with E-state index in [2.05, 4.69) is 145 Å². The van der Waals surface area contributed by atoms with Crippen LogP contribution in [0.2, 0.25) is 83.4 Å². The van der Waals surface area contributed by atoms with Gasteiger partial charge in [0.05, 0.1) is 0 Å². The van der Waals surface area contributed by atoms with Crippen LogP contribution in [0.4, 0.5) is 0 Å². The minimum Gasteiger partial charge on any atom is -0.0715 e. The summed E-state index contributed by atoms with van der Waals surface area (Å²) in [6, 6.07) is 20.2. The second-order valence-electron chi connectivity index (χ2n) is 14.4. The van der Waals surface area contributed by atoms with Crippen LogP contribution in [0.3, 0.4) is 0 Å². The summed E-state index contributed by atoms with van der Waals surface area (Å²) < 4.78 is 0.505. The van der Waals surface area contributed by atoms with Gasteiger partial charge in [-0.3, -0.25) is 0 Å². The molecule has 0 unspecified atom stereocenters. The average molecular weight is 551 g/mol. The molecule has 2 bridgehead atoms. The summed E-state index contributed by atoms with van der Waals surface area (Å²) in [5.74, 6) is 7.33. The van der Waals surface area contributed by atoms with E-state index in [1.54, 1.807) is 5.56 Å². The minimum atomic E-state index is -1.61. The van der Waals surface area contributed by atoms with Crippen molar-refractivity contribution in [3.8, 4) is 11.8 Å². The maximum absolute atomic E-state index is 3.76. The molecule has 0 saturated carbocycles. The number of hydrogen-bond acceptors (Lipinski definition) is 0. The van der Waals surface area contributed by atoms with Gasteiger partial charge < -0.3 is 0 Å². The zero-order valence-electron chi connectivity index (χ0n) is 23.8. The highest BCUT2D eigenvalue weighted by Crippen LogP contribution is 2.71. The summed E-state index contributed by atoms with van der Waals surface area (Å²) in [4.78, 5) is 1.18. The van der Waals surface area contributed by atoms with Crippen LogP contribution < -0.4 is 0 Å². The summed E-state index contributed by atoms with van der Waals surface area (Å²) in [5, 5.41) is 0. The smallest absolute Gasteiger partial charge is 0.0462 e. The molecule has 0 radical (unpaired) electrons. The molecule has 2 aromatic carbocycles. The Labute approximate surface area is 215 Å². The molecular formula is C28H46Si6. The molecule has 182 valence electrons. The molecule has 0 spiro atoms. The molecule has 0 N–H and O–H groups in total. The predicted molar refractivity (Wildman–Crippen MR) is 169 cm³/mol. The normalized spacial score (nSPS) is 30.8. The Hall–Kier alpha value is -0.699. The Morgan fingerprint density at radius 2 is 0.941 bits per heavy atom. The third-order valence-corrected chi connectivity index (χ3v) is 102. The summed E-state index contributed by atoms with van der Waals surface area (Å²) in [6.45, 7) is 34.5. The molecular weight excluding hydrogens is 505 g/mol. The van der Waals surface area contributed by atoms with Gasteiger partial charge in [-0.1, -0.05) is 132 Å². The standard InChI is InChI=1S/C28H46Si6/c1-29(2)27-30(3,4)33(9,10)28(32(29,7)8,34(11,12)31(27,5)6)26-21-17-16-20-25(26)23-22-24-18-14-13-15-19-24/h13-21,27H,1-12H3. The van der Waals surface area contributed by atoms with E-state index in [0.29, 0.717) is 4.28 Å². The van der Waals surface area contributed by atoms with Crippen LogP contribution in [0, 0.1) is 11.8 Å². The van der Waals surface area contributed by atoms with Crippen molar-refractivity contribution in [1.29, 1.82) is 0 Å². The highest BCUT2D eigenvalue weighted by molar-refractivity contribution is 7.76. The second kappa shape index (κ2) is 7.65. The van der Waals surface area contributed by atoms with Crippen molar-refractivity contribution in [2.45, 2.75) is 87.6 Å². The van der Waals surface area contributed by atoms with Crippen LogP contribution in [0.5, 0.6) is 0 Å². The summed E-state index contributed by atoms with van der Waals surface area (Å²) in [5.41, 5.74) is 4.21. The van der Waals surface area contributed by atoms with E-state index in [-0.39, 0.29) is 0 Å². The lowest BCUT2D eigenvalue weighted by Crippen LogP contribution is -3.04. The fourth-order valence-corrected chi connectivity index (χ4v) is 155. The lowest BCUT2D eigenvalue weighted by Gasteiger charge is -2.85. The van der Waals surface area contributed by atoms with Gasteiger partial charge in [0, 0.05) is 56.7 Å². The van der Waals surface area contributed by atoms with Crippen molar-refractivity contribution >= 4 is 45.5 Å². The molecule has 3 saturated heterocycles. The van der Waals surface area contributed by atoms with Crippen LogP contribution in [0.25, 0.3) is 0 Å². The quantitative estimate of drug-likeness (QED) is 0.250. The highest BCUT2D eigenvalue weighted by Gasteiger charge is 2.87. The Balaban J connectivity index is 2.16. The summed E-state index contributed by atoms with van der Waals surface area (Å²) in [6.07, 6.45) is 0. The number of benzene rings is 2. The minimum absolute atomic E-state index is 0.505. The molecule has 0 nitrogen and oxygen atoms in total. The number of hydrogen-bond donors (Lipinski definition) is 0. The zero-order valence-corrected chi connectivity index (χ0v) is 29.8. The number of fused-ring (bicyclic) bond motifs is 3. The zero-order chi connectivity index (χ0) is 25.6. The van der Waals surface area contributed by atoms with Crippen molar-refractivity contribution < 1.29 is 0 Å². The van der Waals surface area contributed by atoms with Gasteiger partial charge in [-0.05, 0) is 28.0 Å². The molecule has 3 fully saturated rings. The first-order valence-electron chi connectivity index (χ1n) is 13.1. The monoisotopic (exact) mass is 550 g/mol. The fraction of sp³-hybridized carbons (Fsp3) is 0.500. The molecule has 5 rings (SSSR count). The number of rotatable bonds is 1. The molecule has 3 aliphatic rings. The van der Waals surface area contributed by atoms with Gasteiger partial charge in [0.2, 0.25) is 0 Å². The first-order chi connectivity index (χ1) is 15.4. The Kier molecular flexibility index (Phi) is 5.94. The third-order valence-electron chi connectivity index (χ3n) is 12.3. The average Bonchev–Trinajstić information content (AvgIpc) is 2.71. The Morgan fingerprint density at radius 3 is 1.41 bits per heavy atom. The molecule has 0 aliphatic carbocycles. The Morgan fingerprint density at radius 1 is 0.529 bits per heavy atom. The van der Waals surface area contributed by atoms with Crippen LogP contribution in [0.1, 0.15) is 16.7 Å². The third kappa shape index (κ3) is 2.80.